The highest BCUT2D eigenvalue weighted by molar-refractivity contribution is 7.99. The second kappa shape index (κ2) is 8.59. The monoisotopic (exact) mass is 504 g/mol. The molecule has 0 unspecified atom stereocenters. The van der Waals surface area contributed by atoms with Crippen LogP contribution < -0.4 is 0 Å². The molecule has 15 heteroatoms. The Morgan fingerprint density at radius 3 is 2.20 bits per heavy atom. The molecular formula is C20H13FN12S2. The number of fused-ring (bicyclic) bond motifs is 2. The molecule has 0 amide bonds. The Kier molecular flexibility index (Phi) is 5.26. The van der Waals surface area contributed by atoms with Gasteiger partial charge in [0.25, 0.3) is 0 Å². The Morgan fingerprint density at radius 2 is 1.49 bits per heavy atom. The number of nitrogens with zero attached hydrogens (tertiary/aromatic N) is 12. The van der Waals surface area contributed by atoms with Crippen LogP contribution in [0.15, 0.2) is 63.1 Å². The summed E-state index contributed by atoms with van der Waals surface area (Å²) in [4.78, 5) is 18.2. The number of hydrogen-bond acceptors (Lipinski definition) is 12. The third-order valence-corrected chi connectivity index (χ3v) is 7.10. The van der Waals surface area contributed by atoms with E-state index in [1.807, 2.05) is 18.2 Å². The largest absolute Gasteiger partial charge is 0.236 e. The standard InChI is InChI=1S/C20H13FN12S2/c1-32-19(26-28-30-32)34-17-12-5-3-10(7-15(12)22-9-23-17)16-24-14-6-4-11(21)8-13(14)18(25-16)35-20-27-29-31-33(20)2/h3-9H,1-2H3. The van der Waals surface area contributed by atoms with Gasteiger partial charge in [-0.3, -0.25) is 0 Å². The van der Waals surface area contributed by atoms with Gasteiger partial charge in [0.2, 0.25) is 10.3 Å². The van der Waals surface area contributed by atoms with Crippen LogP contribution in [0, 0.1) is 5.82 Å². The van der Waals surface area contributed by atoms with Crippen molar-refractivity contribution >= 4 is 45.3 Å². The van der Waals surface area contributed by atoms with E-state index < -0.39 is 0 Å². The molecule has 0 saturated carbocycles. The lowest BCUT2D eigenvalue weighted by Gasteiger charge is -2.09. The third kappa shape index (κ3) is 4.04. The van der Waals surface area contributed by atoms with Crippen LogP contribution in [-0.2, 0) is 14.1 Å². The second-order valence-corrected chi connectivity index (χ2v) is 9.21. The molecule has 0 atom stereocenters. The van der Waals surface area contributed by atoms with Crippen LogP contribution in [0.3, 0.4) is 0 Å². The van der Waals surface area contributed by atoms with Gasteiger partial charge in [0.15, 0.2) is 5.82 Å². The van der Waals surface area contributed by atoms with Crippen molar-refractivity contribution in [1.82, 2.24) is 60.4 Å². The molecule has 0 radical (unpaired) electrons. The molecule has 35 heavy (non-hydrogen) atoms. The van der Waals surface area contributed by atoms with Gasteiger partial charge < -0.3 is 0 Å². The van der Waals surface area contributed by atoms with Crippen molar-refractivity contribution in [1.29, 1.82) is 0 Å². The predicted molar refractivity (Wildman–Crippen MR) is 124 cm³/mol. The van der Waals surface area contributed by atoms with E-state index in [9.17, 15) is 4.39 Å². The number of benzene rings is 2. The topological polar surface area (TPSA) is 139 Å². The first-order chi connectivity index (χ1) is 17.0. The molecule has 2 aromatic carbocycles. The molecule has 0 aliphatic carbocycles. The van der Waals surface area contributed by atoms with Crippen molar-refractivity contribution in [2.24, 2.45) is 14.1 Å². The first-order valence-corrected chi connectivity index (χ1v) is 11.7. The van der Waals surface area contributed by atoms with Crippen molar-refractivity contribution < 1.29 is 4.39 Å². The van der Waals surface area contributed by atoms with E-state index in [1.54, 1.807) is 24.8 Å². The predicted octanol–water partition coefficient (Wildman–Crippen LogP) is 2.73. The summed E-state index contributed by atoms with van der Waals surface area (Å²) in [6.07, 6.45) is 1.49. The number of aromatic nitrogens is 12. The van der Waals surface area contributed by atoms with Gasteiger partial charge in [0.05, 0.1) is 11.0 Å². The maximum atomic E-state index is 14.0. The lowest BCUT2D eigenvalue weighted by atomic mass is 10.1. The molecule has 0 saturated heterocycles. The number of aryl methyl sites for hydroxylation is 2. The third-order valence-electron chi connectivity index (χ3n) is 5.02. The lowest BCUT2D eigenvalue weighted by Crippen LogP contribution is -1.98. The summed E-state index contributed by atoms with van der Waals surface area (Å²) in [5, 5.41) is 26.8. The van der Waals surface area contributed by atoms with E-state index >= 15 is 0 Å². The molecule has 0 spiro atoms. The van der Waals surface area contributed by atoms with E-state index in [0.29, 0.717) is 37.6 Å². The van der Waals surface area contributed by atoms with Gasteiger partial charge in [-0.25, -0.2) is 33.7 Å². The quantitative estimate of drug-likeness (QED) is 0.319. The zero-order valence-electron chi connectivity index (χ0n) is 18.1. The minimum atomic E-state index is -0.377. The smallest absolute Gasteiger partial charge is 0.215 e. The normalized spacial score (nSPS) is 11.5. The van der Waals surface area contributed by atoms with Crippen LogP contribution in [-0.4, -0.2) is 60.4 Å². The fourth-order valence-corrected chi connectivity index (χ4v) is 4.95. The molecule has 0 fully saturated rings. The van der Waals surface area contributed by atoms with Gasteiger partial charge in [-0.2, -0.15) is 0 Å². The minimum Gasteiger partial charge on any atom is -0.236 e. The summed E-state index contributed by atoms with van der Waals surface area (Å²) in [5.41, 5.74) is 2.06. The van der Waals surface area contributed by atoms with Crippen LogP contribution in [0.25, 0.3) is 33.2 Å². The van der Waals surface area contributed by atoms with Gasteiger partial charge in [0, 0.05) is 30.4 Å². The molecular weight excluding hydrogens is 491 g/mol. The minimum absolute atomic E-state index is 0.377. The Bertz CT molecular complexity index is 1720. The average molecular weight is 505 g/mol. The Balaban J connectivity index is 1.45. The van der Waals surface area contributed by atoms with E-state index in [2.05, 4.69) is 46.0 Å². The van der Waals surface area contributed by atoms with Crippen LogP contribution in [0.1, 0.15) is 0 Å². The summed E-state index contributed by atoms with van der Waals surface area (Å²) in [6.45, 7) is 0. The fourth-order valence-electron chi connectivity index (χ4n) is 3.32. The summed E-state index contributed by atoms with van der Waals surface area (Å²) >= 11 is 2.58. The van der Waals surface area contributed by atoms with Crippen LogP contribution >= 0.6 is 23.5 Å². The van der Waals surface area contributed by atoms with Crippen LogP contribution in [0.5, 0.6) is 0 Å². The van der Waals surface area contributed by atoms with Crippen molar-refractivity contribution in [2.45, 2.75) is 20.4 Å². The van der Waals surface area contributed by atoms with Crippen LogP contribution in [0.2, 0.25) is 0 Å². The summed E-state index contributed by atoms with van der Waals surface area (Å²) < 4.78 is 17.1. The zero-order chi connectivity index (χ0) is 23.9. The highest BCUT2D eigenvalue weighted by Crippen LogP contribution is 2.34. The SMILES string of the molecule is Cn1nnnc1Sc1ncnc2cc(-c3nc(Sc4nnnn4C)c4cc(F)ccc4n3)ccc12. The average Bonchev–Trinajstić information content (AvgIpc) is 3.46. The number of rotatable bonds is 5. The van der Waals surface area contributed by atoms with Crippen molar-refractivity contribution in [3.05, 3.63) is 48.5 Å². The molecule has 6 aromatic rings. The van der Waals surface area contributed by atoms with Gasteiger partial charge in [-0.05, 0) is 74.7 Å². The molecule has 172 valence electrons. The number of halogens is 1. The van der Waals surface area contributed by atoms with E-state index in [4.69, 9.17) is 4.98 Å². The number of hydrogen-bond donors (Lipinski definition) is 0. The second-order valence-electron chi connectivity index (χ2n) is 7.30. The molecule has 4 heterocycles. The number of tetrazole rings is 2. The molecule has 0 N–H and O–H groups in total. The van der Waals surface area contributed by atoms with Gasteiger partial charge in [-0.1, -0.05) is 6.07 Å². The van der Waals surface area contributed by atoms with Gasteiger partial charge >= 0.3 is 0 Å². The summed E-state index contributed by atoms with van der Waals surface area (Å²) in [5.74, 6) is 0.0892. The maximum Gasteiger partial charge on any atom is 0.215 e. The van der Waals surface area contributed by atoms with E-state index in [0.717, 1.165) is 16.0 Å². The Hall–Kier alpha value is -4.11. The molecule has 12 nitrogen and oxygen atoms in total. The fraction of sp³-hybridized carbons (Fsp3) is 0.100. The molecule has 0 bridgehead atoms. The highest BCUT2D eigenvalue weighted by atomic mass is 32.2. The van der Waals surface area contributed by atoms with Gasteiger partial charge in [-0.15, -0.1) is 10.2 Å². The Morgan fingerprint density at radius 1 is 0.743 bits per heavy atom. The van der Waals surface area contributed by atoms with Gasteiger partial charge in [0.1, 0.15) is 22.2 Å². The van der Waals surface area contributed by atoms with Crippen molar-refractivity contribution in [3.63, 3.8) is 0 Å². The lowest BCUT2D eigenvalue weighted by molar-refractivity contribution is 0.629. The molecule has 6 rings (SSSR count). The summed E-state index contributed by atoms with van der Waals surface area (Å²) in [7, 11) is 3.49. The molecule has 0 aliphatic rings. The van der Waals surface area contributed by atoms with E-state index in [1.165, 1.54) is 46.7 Å². The summed E-state index contributed by atoms with van der Waals surface area (Å²) in [6, 6.07) is 10.1. The zero-order valence-corrected chi connectivity index (χ0v) is 19.7. The maximum absolute atomic E-state index is 14.0. The highest BCUT2D eigenvalue weighted by Gasteiger charge is 2.16. The molecule has 4 aromatic heterocycles. The molecule has 0 aliphatic heterocycles. The van der Waals surface area contributed by atoms with Crippen molar-refractivity contribution in [3.8, 4) is 11.4 Å². The Labute approximate surface area is 204 Å². The van der Waals surface area contributed by atoms with Crippen molar-refractivity contribution in [2.75, 3.05) is 0 Å². The van der Waals surface area contributed by atoms with Crippen LogP contribution in [0.4, 0.5) is 4.39 Å². The first kappa shape index (κ1) is 21.4. The first-order valence-electron chi connectivity index (χ1n) is 10.1. The van der Waals surface area contributed by atoms with E-state index in [-0.39, 0.29) is 5.82 Å².